The lowest BCUT2D eigenvalue weighted by Gasteiger charge is -2.19. The number of aryl methyl sites for hydroxylation is 2. The topological polar surface area (TPSA) is 42.7 Å². The van der Waals surface area contributed by atoms with Crippen LogP contribution >= 0.6 is 23.2 Å². The Balaban J connectivity index is 2.33. The summed E-state index contributed by atoms with van der Waals surface area (Å²) < 4.78 is 1.83. The predicted octanol–water partition coefficient (Wildman–Crippen LogP) is 3.32. The van der Waals surface area contributed by atoms with Crippen LogP contribution in [0.5, 0.6) is 0 Å². The first kappa shape index (κ1) is 15.3. The Morgan fingerprint density at radius 1 is 1.40 bits per heavy atom. The molecule has 0 aliphatic carbocycles. The zero-order valence-electron chi connectivity index (χ0n) is 11.8. The van der Waals surface area contributed by atoms with E-state index in [1.165, 1.54) is 0 Å². The number of halogens is 2. The number of likely N-dealkylation sites (N-methyl/N-ethyl adjacent to an activating group) is 1. The summed E-state index contributed by atoms with van der Waals surface area (Å²) in [5, 5.41) is 9.17. The second-order valence-corrected chi connectivity index (χ2v) is 5.47. The molecule has 0 bridgehead atoms. The quantitative estimate of drug-likeness (QED) is 0.921. The highest BCUT2D eigenvalue weighted by molar-refractivity contribution is 6.32. The lowest BCUT2D eigenvalue weighted by molar-refractivity contribution is 0.528. The third-order valence-corrected chi connectivity index (χ3v) is 4.10. The fourth-order valence-electron chi connectivity index (χ4n) is 2.30. The van der Waals surface area contributed by atoms with Gasteiger partial charge in [-0.2, -0.15) is 5.10 Å². The normalized spacial score (nSPS) is 12.7. The van der Waals surface area contributed by atoms with E-state index >= 15 is 0 Å². The van der Waals surface area contributed by atoms with Crippen molar-refractivity contribution in [2.24, 2.45) is 7.05 Å². The second kappa shape index (κ2) is 6.57. The molecule has 0 aliphatic rings. The van der Waals surface area contributed by atoms with Crippen LogP contribution in [-0.2, 0) is 13.5 Å². The maximum Gasteiger partial charge on any atom is 0.0847 e. The van der Waals surface area contributed by atoms with Crippen LogP contribution in [0.15, 0.2) is 18.5 Å². The Bertz CT molecular complexity index is 595. The molecular weight excluding hydrogens is 295 g/mol. The van der Waals surface area contributed by atoms with Crippen LogP contribution in [0.4, 0.5) is 0 Å². The molecule has 2 rings (SSSR count). The van der Waals surface area contributed by atoms with Crippen LogP contribution in [0.1, 0.15) is 29.9 Å². The van der Waals surface area contributed by atoms with E-state index in [-0.39, 0.29) is 6.04 Å². The van der Waals surface area contributed by atoms with E-state index in [1.54, 1.807) is 12.4 Å². The summed E-state index contributed by atoms with van der Waals surface area (Å²) in [6.45, 7) is 4.82. The molecule has 0 saturated heterocycles. The van der Waals surface area contributed by atoms with E-state index in [2.05, 4.69) is 22.3 Å². The summed E-state index contributed by atoms with van der Waals surface area (Å²) in [6, 6.07) is 2.02. The summed E-state index contributed by atoms with van der Waals surface area (Å²) in [5.74, 6) is 0. The van der Waals surface area contributed by atoms with Gasteiger partial charge in [0.15, 0.2) is 0 Å². The number of rotatable bonds is 5. The highest BCUT2D eigenvalue weighted by Gasteiger charge is 2.19. The van der Waals surface area contributed by atoms with E-state index in [0.29, 0.717) is 5.02 Å². The summed E-state index contributed by atoms with van der Waals surface area (Å²) in [5.41, 5.74) is 2.88. The van der Waals surface area contributed by atoms with E-state index < -0.39 is 0 Å². The first-order valence-electron chi connectivity index (χ1n) is 6.55. The highest BCUT2D eigenvalue weighted by Crippen LogP contribution is 2.28. The zero-order chi connectivity index (χ0) is 14.7. The molecular formula is C14H18Cl2N4. The van der Waals surface area contributed by atoms with Crippen LogP contribution in [0.25, 0.3) is 0 Å². The van der Waals surface area contributed by atoms with Gasteiger partial charge < -0.3 is 5.32 Å². The van der Waals surface area contributed by atoms with E-state index in [0.717, 1.165) is 34.9 Å². The van der Waals surface area contributed by atoms with Crippen molar-refractivity contribution >= 4 is 23.2 Å². The minimum Gasteiger partial charge on any atom is -0.310 e. The van der Waals surface area contributed by atoms with Gasteiger partial charge in [-0.3, -0.25) is 9.67 Å². The Morgan fingerprint density at radius 2 is 2.15 bits per heavy atom. The third kappa shape index (κ3) is 3.14. The van der Waals surface area contributed by atoms with Crippen LogP contribution < -0.4 is 5.32 Å². The van der Waals surface area contributed by atoms with Crippen LogP contribution in [0.3, 0.4) is 0 Å². The maximum atomic E-state index is 6.33. The molecule has 2 aromatic heterocycles. The van der Waals surface area contributed by atoms with Crippen molar-refractivity contribution in [2.75, 3.05) is 6.54 Å². The standard InChI is InChI=1S/C14H18Cl2N4/c1-4-18-12(10-5-6-17-8-11(10)15)7-13-14(16)9(2)19-20(13)3/h5-6,8,12,18H,4,7H2,1-3H3. The highest BCUT2D eigenvalue weighted by atomic mass is 35.5. The Hall–Kier alpha value is -1.10. The van der Waals surface area contributed by atoms with Crippen molar-refractivity contribution < 1.29 is 0 Å². The summed E-state index contributed by atoms with van der Waals surface area (Å²) >= 11 is 12.6. The summed E-state index contributed by atoms with van der Waals surface area (Å²) in [6.07, 6.45) is 4.15. The number of aromatic nitrogens is 3. The van der Waals surface area contributed by atoms with E-state index in [9.17, 15) is 0 Å². The minimum atomic E-state index is 0.0859. The zero-order valence-corrected chi connectivity index (χ0v) is 13.3. The summed E-state index contributed by atoms with van der Waals surface area (Å²) in [7, 11) is 1.91. The van der Waals surface area contributed by atoms with Crippen LogP contribution in [0.2, 0.25) is 10.0 Å². The average Bonchev–Trinajstić information content (AvgIpc) is 2.65. The number of nitrogens with one attached hydrogen (secondary N) is 1. The monoisotopic (exact) mass is 312 g/mol. The Morgan fingerprint density at radius 3 is 2.70 bits per heavy atom. The minimum absolute atomic E-state index is 0.0859. The average molecular weight is 313 g/mol. The van der Waals surface area contributed by atoms with E-state index in [1.807, 2.05) is 24.7 Å². The van der Waals surface area contributed by atoms with Gasteiger partial charge in [-0.25, -0.2) is 0 Å². The first-order chi connectivity index (χ1) is 9.54. The third-order valence-electron chi connectivity index (χ3n) is 3.29. The largest absolute Gasteiger partial charge is 0.310 e. The SMILES string of the molecule is CCNC(Cc1c(Cl)c(C)nn1C)c1ccncc1Cl. The van der Waals surface area contributed by atoms with Gasteiger partial charge in [-0.05, 0) is 25.1 Å². The van der Waals surface area contributed by atoms with E-state index in [4.69, 9.17) is 23.2 Å². The van der Waals surface area contributed by atoms with Gasteiger partial charge in [-0.15, -0.1) is 0 Å². The molecule has 4 nitrogen and oxygen atoms in total. The molecule has 108 valence electrons. The predicted molar refractivity (Wildman–Crippen MR) is 82.3 cm³/mol. The van der Waals surface area contributed by atoms with Crippen LogP contribution in [0, 0.1) is 6.92 Å². The summed E-state index contributed by atoms with van der Waals surface area (Å²) in [4.78, 5) is 4.03. The van der Waals surface area contributed by atoms with Gasteiger partial charge in [0, 0.05) is 31.9 Å². The smallest absolute Gasteiger partial charge is 0.0847 e. The molecule has 2 heterocycles. The fraction of sp³-hybridized carbons (Fsp3) is 0.429. The number of pyridine rings is 1. The van der Waals surface area contributed by atoms with Crippen molar-refractivity contribution in [1.29, 1.82) is 0 Å². The van der Waals surface area contributed by atoms with Crippen molar-refractivity contribution in [3.8, 4) is 0 Å². The van der Waals surface area contributed by atoms with Crippen molar-refractivity contribution in [2.45, 2.75) is 26.3 Å². The molecule has 0 saturated carbocycles. The number of hydrogen-bond acceptors (Lipinski definition) is 3. The lowest BCUT2D eigenvalue weighted by Crippen LogP contribution is -2.24. The van der Waals surface area contributed by atoms with Gasteiger partial charge in [0.05, 0.1) is 21.4 Å². The molecule has 6 heteroatoms. The second-order valence-electron chi connectivity index (χ2n) is 4.68. The lowest BCUT2D eigenvalue weighted by atomic mass is 10.0. The maximum absolute atomic E-state index is 6.33. The van der Waals surface area contributed by atoms with Gasteiger partial charge in [0.2, 0.25) is 0 Å². The molecule has 0 spiro atoms. The van der Waals surface area contributed by atoms with Gasteiger partial charge in [0.1, 0.15) is 0 Å². The Labute approximate surface area is 129 Å². The molecule has 1 unspecified atom stereocenters. The number of hydrogen-bond donors (Lipinski definition) is 1. The first-order valence-corrected chi connectivity index (χ1v) is 7.31. The van der Waals surface area contributed by atoms with Gasteiger partial charge in [0.25, 0.3) is 0 Å². The van der Waals surface area contributed by atoms with Crippen molar-refractivity contribution in [3.63, 3.8) is 0 Å². The molecule has 2 aromatic rings. The molecule has 20 heavy (non-hydrogen) atoms. The molecule has 0 aromatic carbocycles. The van der Waals surface area contributed by atoms with Gasteiger partial charge >= 0.3 is 0 Å². The van der Waals surface area contributed by atoms with Crippen molar-refractivity contribution in [3.05, 3.63) is 45.5 Å². The molecule has 0 fully saturated rings. The van der Waals surface area contributed by atoms with Crippen molar-refractivity contribution in [1.82, 2.24) is 20.1 Å². The molecule has 1 atom stereocenters. The Kier molecular flexibility index (Phi) is 5.02. The molecule has 0 amide bonds. The number of nitrogens with zero attached hydrogens (tertiary/aromatic N) is 3. The molecule has 0 radical (unpaired) electrons. The van der Waals surface area contributed by atoms with Gasteiger partial charge in [-0.1, -0.05) is 30.1 Å². The molecule has 0 aliphatic heterocycles. The molecule has 1 N–H and O–H groups in total. The fourth-order valence-corrected chi connectivity index (χ4v) is 2.79. The van der Waals surface area contributed by atoms with Crippen LogP contribution in [-0.4, -0.2) is 21.3 Å².